The molecule has 100 valence electrons. The quantitative estimate of drug-likeness (QED) is 0.789. The number of hydrogen-bond donors (Lipinski definition) is 2. The third-order valence-electron chi connectivity index (χ3n) is 3.34. The van der Waals surface area contributed by atoms with Gasteiger partial charge >= 0.3 is 6.01 Å². The van der Waals surface area contributed by atoms with Crippen LogP contribution in [0.5, 0.6) is 6.01 Å². The van der Waals surface area contributed by atoms with E-state index in [0.717, 1.165) is 13.0 Å². The summed E-state index contributed by atoms with van der Waals surface area (Å²) in [5.74, 6) is 1.44. The fourth-order valence-corrected chi connectivity index (χ4v) is 2.21. The zero-order chi connectivity index (χ0) is 13.1. The van der Waals surface area contributed by atoms with Crippen molar-refractivity contribution < 1.29 is 9.84 Å². The van der Waals surface area contributed by atoms with Crippen molar-refractivity contribution in [1.82, 2.24) is 15.0 Å². The number of aromatic nitrogens is 3. The minimum atomic E-state index is 0.0572. The molecule has 7 heteroatoms. The number of rotatable bonds is 4. The van der Waals surface area contributed by atoms with Crippen LogP contribution in [0.25, 0.3) is 0 Å². The fraction of sp³-hybridized carbons (Fsp3) is 0.727. The Balaban J connectivity index is 2.32. The minimum Gasteiger partial charge on any atom is -0.467 e. The molecule has 2 unspecified atom stereocenters. The van der Waals surface area contributed by atoms with Crippen molar-refractivity contribution >= 4 is 11.9 Å². The molecule has 0 aliphatic carbocycles. The third kappa shape index (κ3) is 2.31. The highest BCUT2D eigenvalue weighted by molar-refractivity contribution is 5.40. The Labute approximate surface area is 106 Å². The summed E-state index contributed by atoms with van der Waals surface area (Å²) in [4.78, 5) is 14.6. The molecule has 0 bridgehead atoms. The Hall–Kier alpha value is -1.63. The van der Waals surface area contributed by atoms with Crippen molar-refractivity contribution in [2.75, 3.05) is 37.5 Å². The van der Waals surface area contributed by atoms with Crippen LogP contribution in [0.2, 0.25) is 0 Å². The van der Waals surface area contributed by atoms with Crippen molar-refractivity contribution in [2.24, 2.45) is 5.92 Å². The summed E-state index contributed by atoms with van der Waals surface area (Å²) in [6, 6.07) is 0.336. The van der Waals surface area contributed by atoms with Crippen molar-refractivity contribution in [1.29, 1.82) is 0 Å². The Morgan fingerprint density at radius 1 is 1.44 bits per heavy atom. The molecular formula is C11H19N5O2. The van der Waals surface area contributed by atoms with Crippen LogP contribution in [0.4, 0.5) is 11.9 Å². The molecule has 0 aromatic carbocycles. The first-order chi connectivity index (χ1) is 8.69. The third-order valence-corrected chi connectivity index (χ3v) is 3.34. The monoisotopic (exact) mass is 253 g/mol. The number of ether oxygens (including phenoxy) is 1. The molecule has 1 aliphatic rings. The van der Waals surface area contributed by atoms with Gasteiger partial charge in [0, 0.05) is 13.6 Å². The van der Waals surface area contributed by atoms with E-state index in [1.165, 1.54) is 7.11 Å². The van der Waals surface area contributed by atoms with E-state index in [0.29, 0.717) is 17.8 Å². The molecule has 0 spiro atoms. The Bertz CT molecular complexity index is 392. The highest BCUT2D eigenvalue weighted by Gasteiger charge is 2.32. The number of methoxy groups -OCH3 is 1. The second kappa shape index (κ2) is 5.34. The largest absolute Gasteiger partial charge is 0.467 e. The van der Waals surface area contributed by atoms with Gasteiger partial charge in [-0.05, 0) is 12.3 Å². The van der Waals surface area contributed by atoms with E-state index < -0.39 is 0 Å². The standard InChI is InChI=1S/C11H19N5O2/c1-7-4-5-16(8(7)6-17)10-13-9(12-2)14-11(15-10)18-3/h7-8,17H,4-6H2,1-3H3,(H,12,13,14,15). The van der Waals surface area contributed by atoms with Crippen molar-refractivity contribution in [3.8, 4) is 6.01 Å². The normalized spacial score (nSPS) is 23.2. The lowest BCUT2D eigenvalue weighted by Gasteiger charge is -2.25. The molecule has 1 aliphatic heterocycles. The van der Waals surface area contributed by atoms with Crippen molar-refractivity contribution in [2.45, 2.75) is 19.4 Å². The highest BCUT2D eigenvalue weighted by Crippen LogP contribution is 2.28. The van der Waals surface area contributed by atoms with Crippen LogP contribution in [0.1, 0.15) is 13.3 Å². The molecule has 18 heavy (non-hydrogen) atoms. The first kappa shape index (κ1) is 12.8. The van der Waals surface area contributed by atoms with Crippen LogP contribution in [0.15, 0.2) is 0 Å². The number of hydrogen-bond acceptors (Lipinski definition) is 7. The molecule has 1 fully saturated rings. The summed E-state index contributed by atoms with van der Waals surface area (Å²) in [5, 5.41) is 12.3. The van der Waals surface area contributed by atoms with E-state index in [4.69, 9.17) is 4.74 Å². The van der Waals surface area contributed by atoms with Gasteiger partial charge in [0.05, 0.1) is 19.8 Å². The number of anilines is 2. The second-order valence-corrected chi connectivity index (χ2v) is 4.40. The highest BCUT2D eigenvalue weighted by atomic mass is 16.5. The maximum Gasteiger partial charge on any atom is 0.322 e. The molecule has 2 heterocycles. The predicted molar refractivity (Wildman–Crippen MR) is 67.9 cm³/mol. The molecule has 2 atom stereocenters. The molecular weight excluding hydrogens is 234 g/mol. The van der Waals surface area contributed by atoms with Gasteiger partial charge in [-0.15, -0.1) is 0 Å². The van der Waals surface area contributed by atoms with Crippen LogP contribution in [0, 0.1) is 5.92 Å². The number of aliphatic hydroxyl groups is 1. The number of nitrogens with zero attached hydrogens (tertiary/aromatic N) is 4. The minimum absolute atomic E-state index is 0.0572. The molecule has 7 nitrogen and oxygen atoms in total. The summed E-state index contributed by atoms with van der Waals surface area (Å²) < 4.78 is 5.06. The molecule has 2 N–H and O–H groups in total. The first-order valence-corrected chi connectivity index (χ1v) is 6.05. The lowest BCUT2D eigenvalue weighted by Crippen LogP contribution is -2.36. The van der Waals surface area contributed by atoms with E-state index in [-0.39, 0.29) is 18.7 Å². The average Bonchev–Trinajstić information content (AvgIpc) is 2.79. The van der Waals surface area contributed by atoms with Crippen LogP contribution in [-0.4, -0.2) is 53.4 Å². The Kier molecular flexibility index (Phi) is 3.81. The number of aliphatic hydroxyl groups excluding tert-OH is 1. The second-order valence-electron chi connectivity index (χ2n) is 4.40. The Morgan fingerprint density at radius 2 is 2.22 bits per heavy atom. The molecule has 1 aromatic heterocycles. The topological polar surface area (TPSA) is 83.4 Å². The Morgan fingerprint density at radius 3 is 2.83 bits per heavy atom. The van der Waals surface area contributed by atoms with Crippen LogP contribution < -0.4 is 15.0 Å². The van der Waals surface area contributed by atoms with E-state index >= 15 is 0 Å². The molecule has 2 rings (SSSR count). The average molecular weight is 253 g/mol. The van der Waals surface area contributed by atoms with Crippen LogP contribution >= 0.6 is 0 Å². The van der Waals surface area contributed by atoms with Gasteiger partial charge in [-0.2, -0.15) is 15.0 Å². The number of nitrogens with one attached hydrogen (secondary N) is 1. The molecule has 0 radical (unpaired) electrons. The zero-order valence-corrected chi connectivity index (χ0v) is 10.9. The molecule has 0 saturated carbocycles. The lowest BCUT2D eigenvalue weighted by molar-refractivity contribution is 0.243. The summed E-state index contributed by atoms with van der Waals surface area (Å²) in [7, 11) is 3.27. The maximum atomic E-state index is 9.46. The van der Waals surface area contributed by atoms with E-state index in [9.17, 15) is 5.11 Å². The smallest absolute Gasteiger partial charge is 0.322 e. The van der Waals surface area contributed by atoms with Gasteiger partial charge in [0.1, 0.15) is 0 Å². The molecule has 1 saturated heterocycles. The summed E-state index contributed by atoms with van der Waals surface area (Å²) in [6.07, 6.45) is 1.02. The maximum absolute atomic E-state index is 9.46. The van der Waals surface area contributed by atoms with Crippen LogP contribution in [0.3, 0.4) is 0 Å². The summed E-state index contributed by atoms with van der Waals surface area (Å²) in [6.45, 7) is 3.06. The summed E-state index contributed by atoms with van der Waals surface area (Å²) in [5.41, 5.74) is 0. The van der Waals surface area contributed by atoms with E-state index in [1.54, 1.807) is 7.05 Å². The van der Waals surface area contributed by atoms with Gasteiger partial charge in [-0.25, -0.2) is 0 Å². The van der Waals surface area contributed by atoms with Gasteiger partial charge in [0.15, 0.2) is 0 Å². The van der Waals surface area contributed by atoms with Crippen molar-refractivity contribution in [3.05, 3.63) is 0 Å². The SMILES string of the molecule is CNc1nc(OC)nc(N2CCC(C)C2CO)n1. The van der Waals surface area contributed by atoms with Crippen LogP contribution in [-0.2, 0) is 0 Å². The van der Waals surface area contributed by atoms with E-state index in [1.807, 2.05) is 4.90 Å². The van der Waals surface area contributed by atoms with Crippen molar-refractivity contribution in [3.63, 3.8) is 0 Å². The first-order valence-electron chi connectivity index (χ1n) is 6.05. The van der Waals surface area contributed by atoms with Gasteiger partial charge < -0.3 is 20.1 Å². The van der Waals surface area contributed by atoms with Gasteiger partial charge in [-0.3, -0.25) is 0 Å². The van der Waals surface area contributed by atoms with E-state index in [2.05, 4.69) is 27.2 Å². The molecule has 0 amide bonds. The molecule has 1 aromatic rings. The zero-order valence-electron chi connectivity index (χ0n) is 10.9. The van der Waals surface area contributed by atoms with Gasteiger partial charge in [0.2, 0.25) is 11.9 Å². The predicted octanol–water partition coefficient (Wildman–Crippen LogP) is 0.129. The van der Waals surface area contributed by atoms with Gasteiger partial charge in [-0.1, -0.05) is 6.92 Å². The lowest BCUT2D eigenvalue weighted by atomic mass is 10.0. The summed E-state index contributed by atoms with van der Waals surface area (Å²) >= 11 is 0. The fourth-order valence-electron chi connectivity index (χ4n) is 2.21. The van der Waals surface area contributed by atoms with Gasteiger partial charge in [0.25, 0.3) is 0 Å².